The van der Waals surface area contributed by atoms with Crippen molar-refractivity contribution in [2.24, 2.45) is 5.92 Å². The van der Waals surface area contributed by atoms with E-state index in [4.69, 9.17) is 4.74 Å². The molecule has 1 aromatic rings. The summed E-state index contributed by atoms with van der Waals surface area (Å²) >= 11 is 0. The van der Waals surface area contributed by atoms with E-state index in [1.807, 2.05) is 26.0 Å². The van der Waals surface area contributed by atoms with Gasteiger partial charge in [-0.3, -0.25) is 0 Å². The summed E-state index contributed by atoms with van der Waals surface area (Å²) in [6.07, 6.45) is 2.21. The average molecular weight is 263 g/mol. The molecule has 0 spiro atoms. The quantitative estimate of drug-likeness (QED) is 0.880. The molecule has 19 heavy (non-hydrogen) atoms. The largest absolute Gasteiger partial charge is 0.496 e. The monoisotopic (exact) mass is 263 g/mol. The Hall–Kier alpha value is -1.06. The van der Waals surface area contributed by atoms with Crippen LogP contribution < -0.4 is 10.1 Å². The van der Waals surface area contributed by atoms with Crippen LogP contribution in [0.15, 0.2) is 12.1 Å². The molecule has 1 fully saturated rings. The molecule has 2 unspecified atom stereocenters. The van der Waals surface area contributed by atoms with Crippen LogP contribution in [0.25, 0.3) is 0 Å². The van der Waals surface area contributed by atoms with E-state index in [2.05, 4.69) is 12.2 Å². The maximum absolute atomic E-state index is 11.0. The second-order valence-electron chi connectivity index (χ2n) is 5.76. The molecule has 0 amide bonds. The minimum absolute atomic E-state index is 0.271. The van der Waals surface area contributed by atoms with Gasteiger partial charge in [-0.1, -0.05) is 6.07 Å². The number of rotatable bonds is 3. The van der Waals surface area contributed by atoms with Gasteiger partial charge in [-0.25, -0.2) is 0 Å². The predicted molar refractivity (Wildman–Crippen MR) is 77.6 cm³/mol. The summed E-state index contributed by atoms with van der Waals surface area (Å²) in [7, 11) is 1.69. The molecule has 1 aromatic carbocycles. The van der Waals surface area contributed by atoms with Crippen LogP contribution in [0.3, 0.4) is 0 Å². The number of piperidine rings is 1. The van der Waals surface area contributed by atoms with Crippen LogP contribution in [0, 0.1) is 19.8 Å². The zero-order valence-electron chi connectivity index (χ0n) is 12.4. The average Bonchev–Trinajstić information content (AvgIpc) is 2.42. The first kappa shape index (κ1) is 14.4. The van der Waals surface area contributed by atoms with E-state index in [-0.39, 0.29) is 5.92 Å². The van der Waals surface area contributed by atoms with Crippen molar-refractivity contribution < 1.29 is 9.84 Å². The molecule has 2 atom stereocenters. The molecular formula is C16H25NO2. The van der Waals surface area contributed by atoms with Gasteiger partial charge in [0.15, 0.2) is 0 Å². The molecule has 2 N–H and O–H groups in total. The number of nitrogens with one attached hydrogen (secondary N) is 1. The van der Waals surface area contributed by atoms with Gasteiger partial charge < -0.3 is 15.2 Å². The van der Waals surface area contributed by atoms with Crippen molar-refractivity contribution in [3.05, 3.63) is 28.8 Å². The number of hydrogen-bond acceptors (Lipinski definition) is 3. The third kappa shape index (κ3) is 2.63. The topological polar surface area (TPSA) is 41.5 Å². The van der Waals surface area contributed by atoms with Gasteiger partial charge in [0.25, 0.3) is 0 Å². The number of ether oxygens (including phenoxy) is 1. The van der Waals surface area contributed by atoms with Crippen molar-refractivity contribution in [1.29, 1.82) is 0 Å². The molecule has 0 saturated carbocycles. The molecule has 3 nitrogen and oxygen atoms in total. The van der Waals surface area contributed by atoms with Crippen LogP contribution in [-0.2, 0) is 5.60 Å². The van der Waals surface area contributed by atoms with Gasteiger partial charge in [-0.2, -0.15) is 0 Å². The van der Waals surface area contributed by atoms with Gasteiger partial charge in [0, 0.05) is 12.5 Å². The highest BCUT2D eigenvalue weighted by Gasteiger charge is 2.36. The summed E-state index contributed by atoms with van der Waals surface area (Å²) in [6, 6.07) is 3.97. The van der Waals surface area contributed by atoms with Crippen molar-refractivity contribution in [2.45, 2.75) is 39.2 Å². The minimum atomic E-state index is -0.783. The van der Waals surface area contributed by atoms with Crippen LogP contribution in [0.4, 0.5) is 0 Å². The number of benzene rings is 1. The Labute approximate surface area is 116 Å². The molecule has 0 bridgehead atoms. The zero-order chi connectivity index (χ0) is 14.0. The van der Waals surface area contributed by atoms with E-state index in [9.17, 15) is 5.11 Å². The highest BCUT2D eigenvalue weighted by Crippen LogP contribution is 2.37. The first-order valence-corrected chi connectivity index (χ1v) is 7.06. The highest BCUT2D eigenvalue weighted by atomic mass is 16.5. The number of methoxy groups -OCH3 is 1. The van der Waals surface area contributed by atoms with Gasteiger partial charge in [0.2, 0.25) is 0 Å². The van der Waals surface area contributed by atoms with Gasteiger partial charge >= 0.3 is 0 Å². The summed E-state index contributed by atoms with van der Waals surface area (Å²) in [4.78, 5) is 0. The maximum Gasteiger partial charge on any atom is 0.122 e. The van der Waals surface area contributed by atoms with Gasteiger partial charge in [0.05, 0.1) is 12.7 Å². The Balaban J connectivity index is 2.36. The molecule has 3 heteroatoms. The molecule has 1 saturated heterocycles. The van der Waals surface area contributed by atoms with E-state index >= 15 is 0 Å². The third-order valence-corrected chi connectivity index (χ3v) is 4.59. The Morgan fingerprint density at radius 3 is 2.63 bits per heavy atom. The summed E-state index contributed by atoms with van der Waals surface area (Å²) in [5.41, 5.74) is 2.49. The van der Waals surface area contributed by atoms with Crippen molar-refractivity contribution >= 4 is 0 Å². The van der Waals surface area contributed by atoms with E-state index < -0.39 is 5.60 Å². The van der Waals surface area contributed by atoms with Crippen molar-refractivity contribution in [3.63, 3.8) is 0 Å². The fraction of sp³-hybridized carbons (Fsp3) is 0.625. The second kappa shape index (κ2) is 5.51. The second-order valence-corrected chi connectivity index (χ2v) is 5.76. The molecule has 1 aliphatic rings. The number of hydrogen-bond donors (Lipinski definition) is 2. The highest BCUT2D eigenvalue weighted by molar-refractivity contribution is 5.45. The molecule has 106 valence electrons. The minimum Gasteiger partial charge on any atom is -0.496 e. The van der Waals surface area contributed by atoms with Crippen LogP contribution in [-0.4, -0.2) is 25.3 Å². The Kier molecular flexibility index (Phi) is 4.16. The van der Waals surface area contributed by atoms with Crippen LogP contribution >= 0.6 is 0 Å². The molecule has 1 heterocycles. The third-order valence-electron chi connectivity index (χ3n) is 4.59. The smallest absolute Gasteiger partial charge is 0.122 e. The fourth-order valence-corrected chi connectivity index (χ4v) is 3.12. The fourth-order valence-electron chi connectivity index (χ4n) is 3.12. The lowest BCUT2D eigenvalue weighted by molar-refractivity contribution is -0.0162. The summed E-state index contributed by atoms with van der Waals surface area (Å²) < 4.78 is 5.34. The van der Waals surface area contributed by atoms with E-state index in [1.54, 1.807) is 7.11 Å². The van der Waals surface area contributed by atoms with Crippen LogP contribution in [0.1, 0.15) is 36.5 Å². The lowest BCUT2D eigenvalue weighted by Gasteiger charge is -2.37. The normalized spacial score (nSPS) is 22.9. The van der Waals surface area contributed by atoms with E-state index in [0.29, 0.717) is 0 Å². The first-order chi connectivity index (χ1) is 8.98. The lowest BCUT2D eigenvalue weighted by atomic mass is 9.76. The van der Waals surface area contributed by atoms with E-state index in [1.165, 1.54) is 0 Å². The summed E-state index contributed by atoms with van der Waals surface area (Å²) in [5.74, 6) is 1.16. The van der Waals surface area contributed by atoms with Crippen LogP contribution in [0.2, 0.25) is 0 Å². The first-order valence-electron chi connectivity index (χ1n) is 7.06. The van der Waals surface area contributed by atoms with Crippen molar-refractivity contribution in [3.8, 4) is 5.75 Å². The molecule has 0 aromatic heterocycles. The van der Waals surface area contributed by atoms with E-state index in [0.717, 1.165) is 48.4 Å². The predicted octanol–water partition coefficient (Wildman–Crippen LogP) is 2.52. The van der Waals surface area contributed by atoms with Crippen molar-refractivity contribution in [1.82, 2.24) is 5.32 Å². The lowest BCUT2D eigenvalue weighted by Crippen LogP contribution is -2.42. The zero-order valence-corrected chi connectivity index (χ0v) is 12.4. The summed E-state index contributed by atoms with van der Waals surface area (Å²) in [6.45, 7) is 8.01. The van der Waals surface area contributed by atoms with Gasteiger partial charge in [-0.05, 0) is 62.9 Å². The van der Waals surface area contributed by atoms with Crippen molar-refractivity contribution in [2.75, 3.05) is 20.2 Å². The van der Waals surface area contributed by atoms with Gasteiger partial charge in [-0.15, -0.1) is 0 Å². The standard InChI is InChI=1S/C16H25NO2/c1-11-12(2)15(19-4)8-7-14(11)16(3,18)13-6-5-9-17-10-13/h7-8,13,17-18H,5-6,9-10H2,1-4H3. The molecule has 1 aliphatic heterocycles. The molecule has 0 radical (unpaired) electrons. The SMILES string of the molecule is COc1ccc(C(C)(O)C2CCCNC2)c(C)c1C. The summed E-state index contributed by atoms with van der Waals surface area (Å²) in [5, 5.41) is 14.4. The Morgan fingerprint density at radius 2 is 2.05 bits per heavy atom. The van der Waals surface area contributed by atoms with Crippen LogP contribution in [0.5, 0.6) is 5.75 Å². The Morgan fingerprint density at radius 1 is 1.32 bits per heavy atom. The Bertz CT molecular complexity index is 448. The maximum atomic E-state index is 11.0. The number of aliphatic hydroxyl groups is 1. The molecule has 2 rings (SSSR count). The molecule has 0 aliphatic carbocycles. The van der Waals surface area contributed by atoms with Gasteiger partial charge in [0.1, 0.15) is 5.75 Å². The molecular weight excluding hydrogens is 238 g/mol.